The third kappa shape index (κ3) is 6.43. The molecule has 6 nitrogen and oxygen atoms in total. The molecule has 0 radical (unpaired) electrons. The first-order valence-electron chi connectivity index (χ1n) is 10.4. The van der Waals surface area contributed by atoms with E-state index >= 15 is 0 Å². The molecule has 28 heavy (non-hydrogen) atoms. The Labute approximate surface area is 169 Å². The van der Waals surface area contributed by atoms with Gasteiger partial charge in [-0.15, -0.1) is 0 Å². The van der Waals surface area contributed by atoms with Gasteiger partial charge in [-0.1, -0.05) is 45.9 Å². The average molecular weight is 389 g/mol. The fraction of sp³-hybridized carbons (Fsp3) is 0.636. The lowest BCUT2D eigenvalue weighted by molar-refractivity contribution is -0.135. The Bertz CT molecular complexity index is 650. The van der Waals surface area contributed by atoms with Crippen LogP contribution in [0, 0.1) is 5.92 Å². The van der Waals surface area contributed by atoms with Crippen molar-refractivity contribution in [3.8, 4) is 5.75 Å². The number of piperidine rings is 1. The maximum absolute atomic E-state index is 12.1. The third-order valence-electron chi connectivity index (χ3n) is 5.06. The molecule has 1 aromatic rings. The van der Waals surface area contributed by atoms with E-state index in [9.17, 15) is 4.79 Å². The quantitative estimate of drug-likeness (QED) is 0.428. The van der Waals surface area contributed by atoms with Gasteiger partial charge in [-0.2, -0.15) is 0 Å². The zero-order chi connectivity index (χ0) is 20.5. The molecule has 2 rings (SSSR count). The number of benzene rings is 1. The highest BCUT2D eigenvalue weighted by atomic mass is 16.5. The van der Waals surface area contributed by atoms with Crippen LogP contribution in [0.4, 0.5) is 0 Å². The zero-order valence-corrected chi connectivity index (χ0v) is 18.0. The lowest BCUT2D eigenvalue weighted by atomic mass is 10.0. The molecule has 0 spiro atoms. The predicted octanol–water partition coefficient (Wildman–Crippen LogP) is 3.00. The molecule has 1 aromatic carbocycles. The van der Waals surface area contributed by atoms with Crippen molar-refractivity contribution in [1.82, 2.24) is 15.5 Å². The van der Waals surface area contributed by atoms with Gasteiger partial charge >= 0.3 is 0 Å². The van der Waals surface area contributed by atoms with Crippen molar-refractivity contribution >= 4 is 11.9 Å². The first-order chi connectivity index (χ1) is 13.4. The van der Waals surface area contributed by atoms with Crippen molar-refractivity contribution in [2.45, 2.75) is 52.5 Å². The normalized spacial score (nSPS) is 15.8. The fourth-order valence-corrected chi connectivity index (χ4v) is 3.42. The Kier molecular flexibility index (Phi) is 8.61. The highest BCUT2D eigenvalue weighted by Crippen LogP contribution is 2.25. The number of ether oxygens (including phenoxy) is 1. The van der Waals surface area contributed by atoms with Crippen LogP contribution in [0.1, 0.15) is 52.0 Å². The van der Waals surface area contributed by atoms with Crippen molar-refractivity contribution in [1.29, 1.82) is 0 Å². The second kappa shape index (κ2) is 10.9. The van der Waals surface area contributed by atoms with Gasteiger partial charge in [0.05, 0.1) is 6.54 Å². The molecule has 1 aliphatic rings. The molecule has 1 aliphatic heterocycles. The molecule has 0 aromatic heterocycles. The van der Waals surface area contributed by atoms with E-state index < -0.39 is 0 Å². The largest absolute Gasteiger partial charge is 0.491 e. The summed E-state index contributed by atoms with van der Waals surface area (Å²) in [6, 6.07) is 8.53. The minimum atomic E-state index is 0.0692. The summed E-state index contributed by atoms with van der Waals surface area (Å²) in [5.74, 6) is 2.49. The maximum Gasteiger partial charge on any atom is 0.225 e. The lowest BCUT2D eigenvalue weighted by Crippen LogP contribution is -2.50. The molecule has 0 saturated carbocycles. The number of likely N-dealkylation sites (tertiary alicyclic amines) is 1. The van der Waals surface area contributed by atoms with E-state index in [0.29, 0.717) is 25.1 Å². The van der Waals surface area contributed by atoms with Gasteiger partial charge in [0.15, 0.2) is 5.96 Å². The van der Waals surface area contributed by atoms with Crippen molar-refractivity contribution in [2.24, 2.45) is 10.9 Å². The van der Waals surface area contributed by atoms with Crippen LogP contribution in [0.25, 0.3) is 0 Å². The number of hydrogen-bond donors (Lipinski definition) is 2. The Morgan fingerprint density at radius 1 is 1.21 bits per heavy atom. The van der Waals surface area contributed by atoms with Gasteiger partial charge in [-0.3, -0.25) is 9.79 Å². The van der Waals surface area contributed by atoms with Crippen molar-refractivity contribution in [3.05, 3.63) is 29.8 Å². The van der Waals surface area contributed by atoms with Crippen LogP contribution in [0.2, 0.25) is 0 Å². The van der Waals surface area contributed by atoms with Crippen LogP contribution >= 0.6 is 0 Å². The van der Waals surface area contributed by atoms with Gasteiger partial charge in [0.1, 0.15) is 12.4 Å². The fourth-order valence-electron chi connectivity index (χ4n) is 3.42. The highest BCUT2D eigenvalue weighted by molar-refractivity contribution is 5.80. The molecule has 6 heteroatoms. The molecule has 156 valence electrons. The molecule has 2 N–H and O–H groups in total. The van der Waals surface area contributed by atoms with Crippen LogP contribution in [-0.2, 0) is 4.79 Å². The Morgan fingerprint density at radius 3 is 2.50 bits per heavy atom. The van der Waals surface area contributed by atoms with E-state index in [1.165, 1.54) is 5.56 Å². The topological polar surface area (TPSA) is 66.0 Å². The second-order valence-electron chi connectivity index (χ2n) is 7.94. The molecular weight excluding hydrogens is 352 g/mol. The standard InChI is InChI=1S/C22H36N4O2/c1-16(2)19-8-6-7-9-20(19)28-15-12-24-22(23-5)25-18-10-13-26(14-11-18)21(27)17(3)4/h6-9,16-18H,10-15H2,1-5H3,(H2,23,24,25). The summed E-state index contributed by atoms with van der Waals surface area (Å²) in [7, 11) is 1.78. The van der Waals surface area contributed by atoms with E-state index in [4.69, 9.17) is 4.74 Å². The van der Waals surface area contributed by atoms with E-state index in [0.717, 1.165) is 37.6 Å². The van der Waals surface area contributed by atoms with Gasteiger partial charge in [0, 0.05) is 32.1 Å². The number of nitrogens with one attached hydrogen (secondary N) is 2. The zero-order valence-electron chi connectivity index (χ0n) is 18.0. The minimum Gasteiger partial charge on any atom is -0.491 e. The molecule has 1 saturated heterocycles. The van der Waals surface area contributed by atoms with Gasteiger partial charge in [0.25, 0.3) is 0 Å². The van der Waals surface area contributed by atoms with Gasteiger partial charge in [-0.05, 0) is 30.4 Å². The number of amides is 1. The summed E-state index contributed by atoms with van der Waals surface area (Å²) in [6.45, 7) is 11.1. The summed E-state index contributed by atoms with van der Waals surface area (Å²) in [5.41, 5.74) is 1.23. The Morgan fingerprint density at radius 2 is 1.89 bits per heavy atom. The van der Waals surface area contributed by atoms with E-state index in [2.05, 4.69) is 35.5 Å². The first kappa shape index (κ1) is 22.1. The van der Waals surface area contributed by atoms with Crippen LogP contribution in [-0.4, -0.2) is 56.1 Å². The SMILES string of the molecule is CN=C(NCCOc1ccccc1C(C)C)NC1CCN(C(=O)C(C)C)CC1. The molecule has 1 heterocycles. The Hall–Kier alpha value is -2.24. The average Bonchev–Trinajstić information content (AvgIpc) is 2.70. The number of rotatable bonds is 7. The smallest absolute Gasteiger partial charge is 0.225 e. The molecule has 0 atom stereocenters. The van der Waals surface area contributed by atoms with Crippen molar-refractivity contribution < 1.29 is 9.53 Å². The van der Waals surface area contributed by atoms with Crippen LogP contribution in [0.5, 0.6) is 5.75 Å². The van der Waals surface area contributed by atoms with Gasteiger partial charge in [-0.25, -0.2) is 0 Å². The first-order valence-corrected chi connectivity index (χ1v) is 10.4. The number of aliphatic imine (C=N–C) groups is 1. The summed E-state index contributed by atoms with van der Waals surface area (Å²) >= 11 is 0. The number of nitrogens with zero attached hydrogens (tertiary/aromatic N) is 2. The maximum atomic E-state index is 12.1. The second-order valence-corrected chi connectivity index (χ2v) is 7.94. The molecule has 0 aliphatic carbocycles. The number of guanidine groups is 1. The van der Waals surface area contributed by atoms with Crippen molar-refractivity contribution in [2.75, 3.05) is 33.3 Å². The van der Waals surface area contributed by atoms with Crippen LogP contribution in [0.3, 0.4) is 0 Å². The third-order valence-corrected chi connectivity index (χ3v) is 5.06. The highest BCUT2D eigenvalue weighted by Gasteiger charge is 2.24. The summed E-state index contributed by atoms with van der Waals surface area (Å²) in [5, 5.41) is 6.79. The van der Waals surface area contributed by atoms with Crippen LogP contribution in [0.15, 0.2) is 29.3 Å². The number of para-hydroxylation sites is 1. The summed E-state index contributed by atoms with van der Waals surface area (Å²) in [6.07, 6.45) is 1.88. The monoisotopic (exact) mass is 388 g/mol. The summed E-state index contributed by atoms with van der Waals surface area (Å²) < 4.78 is 5.96. The van der Waals surface area contributed by atoms with Gasteiger partial charge < -0.3 is 20.3 Å². The Balaban J connectivity index is 1.72. The predicted molar refractivity (Wildman–Crippen MR) is 115 cm³/mol. The van der Waals surface area contributed by atoms with E-state index in [1.807, 2.05) is 36.9 Å². The minimum absolute atomic E-state index is 0.0692. The van der Waals surface area contributed by atoms with Crippen molar-refractivity contribution in [3.63, 3.8) is 0 Å². The number of carbonyl (C=O) groups excluding carboxylic acids is 1. The lowest BCUT2D eigenvalue weighted by Gasteiger charge is -2.34. The number of hydrogen-bond acceptors (Lipinski definition) is 3. The molecule has 1 amide bonds. The van der Waals surface area contributed by atoms with E-state index in [1.54, 1.807) is 7.05 Å². The summed E-state index contributed by atoms with van der Waals surface area (Å²) in [4.78, 5) is 18.4. The van der Waals surface area contributed by atoms with Crippen LogP contribution < -0.4 is 15.4 Å². The van der Waals surface area contributed by atoms with E-state index in [-0.39, 0.29) is 11.8 Å². The molecule has 0 bridgehead atoms. The molecule has 1 fully saturated rings. The molecule has 0 unspecified atom stereocenters. The van der Waals surface area contributed by atoms with Gasteiger partial charge in [0.2, 0.25) is 5.91 Å². The molecular formula is C22H36N4O2. The number of carbonyl (C=O) groups is 1.